The monoisotopic (exact) mass is 188 g/mol. The Labute approximate surface area is 75.3 Å². The first kappa shape index (κ1) is 10.0. The van der Waals surface area contributed by atoms with Gasteiger partial charge in [-0.2, -0.15) is 0 Å². The molecule has 1 aliphatic rings. The molecule has 0 radical (unpaired) electrons. The third-order valence-electron chi connectivity index (χ3n) is 2.21. The van der Waals surface area contributed by atoms with Crippen molar-refractivity contribution in [2.75, 3.05) is 7.11 Å². The highest BCUT2D eigenvalue weighted by Gasteiger charge is 2.40. The Morgan fingerprint density at radius 2 is 1.85 bits per heavy atom. The molecule has 3 N–H and O–H groups in total. The summed E-state index contributed by atoms with van der Waals surface area (Å²) in [5.41, 5.74) is 0. The third kappa shape index (κ3) is 1.40. The number of hydrogen-bond donors (Lipinski definition) is 3. The Morgan fingerprint density at radius 3 is 2.31 bits per heavy atom. The van der Waals surface area contributed by atoms with Crippen LogP contribution in [-0.2, 0) is 9.53 Å². The first-order valence-electron chi connectivity index (χ1n) is 3.88. The third-order valence-corrected chi connectivity index (χ3v) is 2.21. The molecule has 3 atom stereocenters. The Bertz CT molecular complexity index is 257. The molecule has 5 nitrogen and oxygen atoms in total. The highest BCUT2D eigenvalue weighted by Crippen LogP contribution is 2.26. The van der Waals surface area contributed by atoms with Crippen LogP contribution < -0.4 is 0 Å². The van der Waals surface area contributed by atoms with Gasteiger partial charge in [-0.25, -0.2) is 0 Å². The maximum absolute atomic E-state index is 11.2. The predicted molar refractivity (Wildman–Crippen MR) is 42.8 cm³/mol. The Kier molecular flexibility index (Phi) is 2.58. The number of carbonyl (C=O) groups is 1. The second-order valence-corrected chi connectivity index (χ2v) is 3.03. The molecule has 74 valence electrons. The van der Waals surface area contributed by atoms with E-state index in [2.05, 4.69) is 4.74 Å². The van der Waals surface area contributed by atoms with Gasteiger partial charge in [0, 0.05) is 5.92 Å². The number of Topliss-reactive ketones (excluding diaryl/α,β-unsaturated/α-hetero) is 1. The zero-order valence-corrected chi connectivity index (χ0v) is 7.39. The van der Waals surface area contributed by atoms with Gasteiger partial charge in [-0.15, -0.1) is 0 Å². The van der Waals surface area contributed by atoms with Crippen molar-refractivity contribution in [1.29, 1.82) is 0 Å². The molecule has 13 heavy (non-hydrogen) atoms. The average molecular weight is 188 g/mol. The molecule has 0 aromatic carbocycles. The molecule has 3 unspecified atom stereocenters. The van der Waals surface area contributed by atoms with E-state index in [9.17, 15) is 20.1 Å². The van der Waals surface area contributed by atoms with Gasteiger partial charge in [-0.05, 0) is 0 Å². The molecule has 5 heteroatoms. The van der Waals surface area contributed by atoms with Crippen LogP contribution in [0.1, 0.15) is 6.92 Å². The highest BCUT2D eigenvalue weighted by molar-refractivity contribution is 5.98. The smallest absolute Gasteiger partial charge is 0.229 e. The summed E-state index contributed by atoms with van der Waals surface area (Å²) in [6.07, 6.45) is -2.57. The van der Waals surface area contributed by atoms with Crippen molar-refractivity contribution < 1.29 is 24.9 Å². The van der Waals surface area contributed by atoms with Gasteiger partial charge < -0.3 is 20.1 Å². The van der Waals surface area contributed by atoms with E-state index in [0.717, 1.165) is 0 Å². The average Bonchev–Trinajstić information content (AvgIpc) is 2.13. The summed E-state index contributed by atoms with van der Waals surface area (Å²) >= 11 is 0. The molecule has 0 saturated heterocycles. The molecule has 0 amide bonds. The van der Waals surface area contributed by atoms with E-state index in [1.807, 2.05) is 0 Å². The second-order valence-electron chi connectivity index (χ2n) is 3.03. The molecule has 0 fully saturated rings. The van der Waals surface area contributed by atoms with Crippen molar-refractivity contribution in [1.82, 2.24) is 0 Å². The zero-order chi connectivity index (χ0) is 10.2. The minimum Gasteiger partial charge on any atom is -0.506 e. The zero-order valence-electron chi connectivity index (χ0n) is 7.39. The van der Waals surface area contributed by atoms with E-state index in [1.54, 1.807) is 0 Å². The highest BCUT2D eigenvalue weighted by atomic mass is 16.5. The van der Waals surface area contributed by atoms with Crippen molar-refractivity contribution in [3.05, 3.63) is 11.5 Å². The normalized spacial score (nSPS) is 35.1. The fourth-order valence-corrected chi connectivity index (χ4v) is 1.26. The number of rotatable bonds is 1. The summed E-state index contributed by atoms with van der Waals surface area (Å²) in [7, 11) is 1.19. The molecule has 1 aliphatic carbocycles. The Hall–Kier alpha value is -1.07. The topological polar surface area (TPSA) is 87.0 Å². The van der Waals surface area contributed by atoms with Crippen LogP contribution in [0.25, 0.3) is 0 Å². The van der Waals surface area contributed by atoms with Gasteiger partial charge in [-0.3, -0.25) is 4.79 Å². The quantitative estimate of drug-likeness (QED) is 0.508. The minimum atomic E-state index is -1.32. The van der Waals surface area contributed by atoms with E-state index >= 15 is 0 Å². The predicted octanol–water partition coefficient (Wildman–Crippen LogP) is -0.657. The van der Waals surface area contributed by atoms with Crippen molar-refractivity contribution in [3.63, 3.8) is 0 Å². The van der Waals surface area contributed by atoms with Gasteiger partial charge >= 0.3 is 0 Å². The first-order chi connectivity index (χ1) is 6.00. The first-order valence-corrected chi connectivity index (χ1v) is 3.88. The van der Waals surface area contributed by atoms with E-state index in [0.29, 0.717) is 0 Å². The van der Waals surface area contributed by atoms with Crippen LogP contribution in [0, 0.1) is 5.92 Å². The van der Waals surface area contributed by atoms with Crippen LogP contribution >= 0.6 is 0 Å². The Morgan fingerprint density at radius 1 is 1.31 bits per heavy atom. The molecular weight excluding hydrogens is 176 g/mol. The molecule has 0 aromatic rings. The van der Waals surface area contributed by atoms with Crippen molar-refractivity contribution in [2.45, 2.75) is 19.1 Å². The lowest BCUT2D eigenvalue weighted by atomic mass is 9.87. The number of methoxy groups -OCH3 is 1. The van der Waals surface area contributed by atoms with Crippen molar-refractivity contribution in [3.8, 4) is 0 Å². The van der Waals surface area contributed by atoms with Crippen LogP contribution in [0.15, 0.2) is 11.5 Å². The van der Waals surface area contributed by atoms with Crippen molar-refractivity contribution >= 4 is 5.78 Å². The van der Waals surface area contributed by atoms with Crippen LogP contribution in [0.4, 0.5) is 0 Å². The van der Waals surface area contributed by atoms with E-state index in [1.165, 1.54) is 14.0 Å². The molecule has 0 spiro atoms. The summed E-state index contributed by atoms with van der Waals surface area (Å²) in [5, 5.41) is 27.9. The van der Waals surface area contributed by atoms with Crippen LogP contribution in [-0.4, -0.2) is 40.4 Å². The van der Waals surface area contributed by atoms with Gasteiger partial charge in [0.1, 0.15) is 12.2 Å². The van der Waals surface area contributed by atoms with Crippen LogP contribution in [0.5, 0.6) is 0 Å². The standard InChI is InChI=1S/C8H12O5/c1-3-4(9)6(11)8(13-2)7(12)5(3)10/h3-5,9-11H,1-2H3. The maximum Gasteiger partial charge on any atom is 0.229 e. The molecule has 0 heterocycles. The van der Waals surface area contributed by atoms with Gasteiger partial charge in [0.15, 0.2) is 5.76 Å². The SMILES string of the molecule is COC1=C(O)C(O)C(C)C(O)C1=O. The number of ether oxygens (including phenoxy) is 1. The fourth-order valence-electron chi connectivity index (χ4n) is 1.26. The van der Waals surface area contributed by atoms with Crippen LogP contribution in [0.3, 0.4) is 0 Å². The lowest BCUT2D eigenvalue weighted by molar-refractivity contribution is -0.134. The summed E-state index contributed by atoms with van der Waals surface area (Å²) in [6.45, 7) is 1.47. The number of aliphatic hydroxyl groups is 3. The summed E-state index contributed by atoms with van der Waals surface area (Å²) in [6, 6.07) is 0. The molecule has 1 rings (SSSR count). The fraction of sp³-hybridized carbons (Fsp3) is 0.625. The lowest BCUT2D eigenvalue weighted by Gasteiger charge is -2.28. The Balaban J connectivity index is 3.10. The van der Waals surface area contributed by atoms with Crippen LogP contribution in [0.2, 0.25) is 0 Å². The minimum absolute atomic E-state index is 0.363. The van der Waals surface area contributed by atoms with Crippen molar-refractivity contribution in [2.24, 2.45) is 5.92 Å². The van der Waals surface area contributed by atoms with E-state index < -0.39 is 29.7 Å². The molecule has 0 saturated carbocycles. The van der Waals surface area contributed by atoms with Gasteiger partial charge in [0.2, 0.25) is 11.5 Å². The maximum atomic E-state index is 11.2. The molecule has 0 aliphatic heterocycles. The lowest BCUT2D eigenvalue weighted by Crippen LogP contribution is -2.43. The van der Waals surface area contributed by atoms with Gasteiger partial charge in [-0.1, -0.05) is 6.92 Å². The number of ketones is 1. The summed E-state index contributed by atoms with van der Waals surface area (Å²) < 4.78 is 4.56. The van der Waals surface area contributed by atoms with E-state index in [4.69, 9.17) is 0 Å². The number of aliphatic hydroxyl groups excluding tert-OH is 3. The molecule has 0 bridgehead atoms. The molecular formula is C8H12O5. The largest absolute Gasteiger partial charge is 0.506 e. The second kappa shape index (κ2) is 3.35. The van der Waals surface area contributed by atoms with Gasteiger partial charge in [0.05, 0.1) is 7.11 Å². The number of hydrogen-bond acceptors (Lipinski definition) is 5. The van der Waals surface area contributed by atoms with E-state index in [-0.39, 0.29) is 5.76 Å². The van der Waals surface area contributed by atoms with Gasteiger partial charge in [0.25, 0.3) is 0 Å². The molecule has 0 aromatic heterocycles. The number of carbonyl (C=O) groups excluding carboxylic acids is 1. The summed E-state index contributed by atoms with van der Waals surface area (Å²) in [4.78, 5) is 11.2. The summed E-state index contributed by atoms with van der Waals surface area (Å²) in [5.74, 6) is -2.28.